The zero-order chi connectivity index (χ0) is 14.4. The van der Waals surface area contributed by atoms with Crippen molar-refractivity contribution < 1.29 is 4.74 Å². The molecule has 3 aromatic heterocycles. The van der Waals surface area contributed by atoms with Crippen molar-refractivity contribution in [2.45, 2.75) is 13.5 Å². The number of aryl methyl sites for hydroxylation is 1. The zero-order valence-electron chi connectivity index (χ0n) is 10.9. The summed E-state index contributed by atoms with van der Waals surface area (Å²) in [7, 11) is 0. The minimum atomic E-state index is 0.485. The molecule has 0 unspecified atom stereocenters. The standard InChI is InChI=1S/C14H9ClN2OS3/c1-7-17-12-11(20-7)4-10(9-2-3-19-13(9)12)18-6-8-5-16-14(15)21-8/h2-5H,6H2,1H3. The van der Waals surface area contributed by atoms with Crippen molar-refractivity contribution in [1.29, 1.82) is 0 Å². The Balaban J connectivity index is 1.77. The molecule has 0 spiro atoms. The number of fused-ring (bicyclic) bond motifs is 3. The molecule has 0 radical (unpaired) electrons. The molecule has 0 bridgehead atoms. The summed E-state index contributed by atoms with van der Waals surface area (Å²) >= 11 is 10.7. The lowest BCUT2D eigenvalue weighted by Crippen LogP contribution is -1.93. The summed E-state index contributed by atoms with van der Waals surface area (Å²) in [6, 6.07) is 4.17. The maximum atomic E-state index is 5.99. The van der Waals surface area contributed by atoms with Crippen molar-refractivity contribution in [2.24, 2.45) is 0 Å². The number of ether oxygens (including phenoxy) is 1. The van der Waals surface area contributed by atoms with Gasteiger partial charge in [-0.25, -0.2) is 9.97 Å². The van der Waals surface area contributed by atoms with Crippen molar-refractivity contribution in [3.05, 3.63) is 38.1 Å². The Hall–Kier alpha value is -1.21. The van der Waals surface area contributed by atoms with Gasteiger partial charge in [-0.1, -0.05) is 11.6 Å². The molecule has 1 aromatic carbocycles. The van der Waals surface area contributed by atoms with Gasteiger partial charge in [-0.2, -0.15) is 0 Å². The summed E-state index contributed by atoms with van der Waals surface area (Å²) in [5.74, 6) is 0.895. The summed E-state index contributed by atoms with van der Waals surface area (Å²) in [4.78, 5) is 9.67. The van der Waals surface area contributed by atoms with Gasteiger partial charge in [0.2, 0.25) is 0 Å². The molecule has 0 N–H and O–H groups in total. The highest BCUT2D eigenvalue weighted by Crippen LogP contribution is 2.39. The van der Waals surface area contributed by atoms with Gasteiger partial charge in [-0.05, 0) is 18.4 Å². The third-order valence-electron chi connectivity index (χ3n) is 3.06. The van der Waals surface area contributed by atoms with Crippen molar-refractivity contribution >= 4 is 65.9 Å². The quantitative estimate of drug-likeness (QED) is 0.487. The van der Waals surface area contributed by atoms with E-state index in [-0.39, 0.29) is 0 Å². The number of thiophene rings is 1. The maximum absolute atomic E-state index is 5.99. The fourth-order valence-corrected chi connectivity index (χ4v) is 4.93. The maximum Gasteiger partial charge on any atom is 0.183 e. The smallest absolute Gasteiger partial charge is 0.183 e. The van der Waals surface area contributed by atoms with E-state index in [0.717, 1.165) is 26.5 Å². The first-order valence-electron chi connectivity index (χ1n) is 6.21. The van der Waals surface area contributed by atoms with Crippen molar-refractivity contribution in [3.8, 4) is 5.75 Å². The lowest BCUT2D eigenvalue weighted by Gasteiger charge is -2.06. The van der Waals surface area contributed by atoms with Gasteiger partial charge in [-0.15, -0.1) is 34.0 Å². The molecule has 0 aliphatic heterocycles. The molecule has 0 fully saturated rings. The number of halogens is 1. The first kappa shape index (κ1) is 13.5. The number of aromatic nitrogens is 2. The van der Waals surface area contributed by atoms with Crippen LogP contribution in [0.3, 0.4) is 0 Å². The Kier molecular flexibility index (Phi) is 3.34. The minimum Gasteiger partial charge on any atom is -0.487 e. The second-order valence-electron chi connectivity index (χ2n) is 4.49. The Morgan fingerprint density at radius 3 is 3.05 bits per heavy atom. The Morgan fingerprint density at radius 1 is 1.33 bits per heavy atom. The lowest BCUT2D eigenvalue weighted by atomic mass is 10.2. The first-order chi connectivity index (χ1) is 10.2. The summed E-state index contributed by atoms with van der Waals surface area (Å²) in [5, 5.41) is 4.27. The van der Waals surface area contributed by atoms with Crippen LogP contribution in [-0.2, 0) is 6.61 Å². The fourth-order valence-electron chi connectivity index (χ4n) is 2.21. The summed E-state index contributed by atoms with van der Waals surface area (Å²) in [6.07, 6.45) is 1.76. The second-order valence-corrected chi connectivity index (χ2v) is 8.33. The Labute approximate surface area is 137 Å². The largest absolute Gasteiger partial charge is 0.487 e. The van der Waals surface area contributed by atoms with Crippen LogP contribution in [0, 0.1) is 6.92 Å². The van der Waals surface area contributed by atoms with Gasteiger partial charge in [0.15, 0.2) is 4.47 Å². The Bertz CT molecular complexity index is 940. The van der Waals surface area contributed by atoms with E-state index >= 15 is 0 Å². The minimum absolute atomic E-state index is 0.485. The second kappa shape index (κ2) is 5.21. The van der Waals surface area contributed by atoms with E-state index in [1.165, 1.54) is 20.7 Å². The van der Waals surface area contributed by atoms with Gasteiger partial charge in [0, 0.05) is 17.6 Å². The van der Waals surface area contributed by atoms with Gasteiger partial charge in [-0.3, -0.25) is 0 Å². The normalized spacial score (nSPS) is 11.5. The van der Waals surface area contributed by atoms with E-state index in [0.29, 0.717) is 11.1 Å². The van der Waals surface area contributed by atoms with E-state index in [4.69, 9.17) is 16.3 Å². The number of thiazole rings is 2. The predicted molar refractivity (Wildman–Crippen MR) is 91.2 cm³/mol. The monoisotopic (exact) mass is 352 g/mol. The molecule has 3 nitrogen and oxygen atoms in total. The molecule has 0 saturated carbocycles. The number of hydrogen-bond acceptors (Lipinski definition) is 6. The molecule has 0 amide bonds. The molecular formula is C14H9ClN2OS3. The molecule has 0 saturated heterocycles. The highest BCUT2D eigenvalue weighted by molar-refractivity contribution is 7.21. The molecule has 4 aromatic rings. The van der Waals surface area contributed by atoms with Crippen LogP contribution in [0.25, 0.3) is 20.3 Å². The molecule has 106 valence electrons. The predicted octanol–water partition coefficient (Wildman–Crippen LogP) is 5.51. The van der Waals surface area contributed by atoms with Crippen molar-refractivity contribution in [2.75, 3.05) is 0 Å². The zero-order valence-corrected chi connectivity index (χ0v) is 14.1. The highest BCUT2D eigenvalue weighted by atomic mass is 35.5. The van der Waals surface area contributed by atoms with Crippen LogP contribution in [-0.4, -0.2) is 9.97 Å². The summed E-state index contributed by atoms with van der Waals surface area (Å²) in [6.45, 7) is 2.52. The number of hydrogen-bond donors (Lipinski definition) is 0. The van der Waals surface area contributed by atoms with E-state index in [9.17, 15) is 0 Å². The summed E-state index contributed by atoms with van der Waals surface area (Å²) < 4.78 is 8.89. The van der Waals surface area contributed by atoms with E-state index in [2.05, 4.69) is 27.5 Å². The van der Waals surface area contributed by atoms with E-state index < -0.39 is 0 Å². The number of benzene rings is 1. The average Bonchev–Trinajstić information content (AvgIpc) is 3.14. The lowest BCUT2D eigenvalue weighted by molar-refractivity contribution is 0.314. The van der Waals surface area contributed by atoms with Crippen LogP contribution < -0.4 is 4.74 Å². The van der Waals surface area contributed by atoms with Crippen LogP contribution in [0.1, 0.15) is 9.88 Å². The molecule has 0 atom stereocenters. The SMILES string of the molecule is Cc1nc2c(cc(OCc3cnc(Cl)s3)c3ccsc32)s1. The van der Waals surface area contributed by atoms with Crippen LogP contribution in [0.2, 0.25) is 4.47 Å². The van der Waals surface area contributed by atoms with Gasteiger partial charge in [0.25, 0.3) is 0 Å². The molecular weight excluding hydrogens is 344 g/mol. The molecule has 21 heavy (non-hydrogen) atoms. The van der Waals surface area contributed by atoms with Crippen molar-refractivity contribution in [3.63, 3.8) is 0 Å². The van der Waals surface area contributed by atoms with E-state index in [1.807, 2.05) is 6.92 Å². The van der Waals surface area contributed by atoms with Crippen LogP contribution >= 0.6 is 45.6 Å². The van der Waals surface area contributed by atoms with Gasteiger partial charge in [0.1, 0.15) is 12.4 Å². The molecule has 3 heterocycles. The van der Waals surface area contributed by atoms with Gasteiger partial charge < -0.3 is 4.74 Å². The topological polar surface area (TPSA) is 35.0 Å². The molecule has 0 aliphatic rings. The Morgan fingerprint density at radius 2 is 2.24 bits per heavy atom. The van der Waals surface area contributed by atoms with Crippen molar-refractivity contribution in [1.82, 2.24) is 9.97 Å². The first-order valence-corrected chi connectivity index (χ1v) is 9.10. The van der Waals surface area contributed by atoms with Crippen LogP contribution in [0.4, 0.5) is 0 Å². The third-order valence-corrected chi connectivity index (χ3v) is 5.99. The number of nitrogens with zero attached hydrogens (tertiary/aromatic N) is 2. The highest BCUT2D eigenvalue weighted by Gasteiger charge is 2.13. The van der Waals surface area contributed by atoms with Gasteiger partial charge in [0.05, 0.1) is 24.8 Å². The van der Waals surface area contributed by atoms with Crippen LogP contribution in [0.15, 0.2) is 23.7 Å². The average molecular weight is 353 g/mol. The molecule has 0 aliphatic carbocycles. The van der Waals surface area contributed by atoms with E-state index in [1.54, 1.807) is 28.9 Å². The van der Waals surface area contributed by atoms with Gasteiger partial charge >= 0.3 is 0 Å². The molecule has 7 heteroatoms. The summed E-state index contributed by atoms with van der Waals surface area (Å²) in [5.41, 5.74) is 1.08. The van der Waals surface area contributed by atoms with Crippen LogP contribution in [0.5, 0.6) is 5.75 Å². The third kappa shape index (κ3) is 2.42. The molecule has 4 rings (SSSR count). The number of rotatable bonds is 3. The fraction of sp³-hybridized carbons (Fsp3) is 0.143.